The Kier molecular flexibility index (Phi) is 2.63. The number of aromatic nitrogens is 2. The Labute approximate surface area is 71.0 Å². The van der Waals surface area contributed by atoms with Crippen LogP contribution in [0.2, 0.25) is 0 Å². The number of aromatic amines is 1. The monoisotopic (exact) mass is 164 g/mol. The largest absolute Gasteiger partial charge is 0.384 e. The maximum absolute atomic E-state index is 7.33. The van der Waals surface area contributed by atoms with Crippen LogP contribution in [0.1, 0.15) is 19.2 Å². The number of nitrogens with two attached hydrogens (primary N) is 1. The molecule has 0 fully saturated rings. The van der Waals surface area contributed by atoms with Gasteiger partial charge in [0.2, 0.25) is 0 Å². The third-order valence-corrected chi connectivity index (χ3v) is 1.44. The number of H-pyrrole nitrogens is 1. The fraction of sp³-hybridized carbons (Fsp3) is 0.250. The lowest BCUT2D eigenvalue weighted by atomic mass is 10.3. The minimum Gasteiger partial charge on any atom is -0.384 e. The van der Waals surface area contributed by atoms with Gasteiger partial charge in [0.1, 0.15) is 11.6 Å². The van der Waals surface area contributed by atoms with Crippen LogP contribution in [-0.4, -0.2) is 15.7 Å². The number of nitrogen functional groups attached to an aromatic ring is 1. The van der Waals surface area contributed by atoms with Gasteiger partial charge in [-0.15, -0.1) is 0 Å². The summed E-state index contributed by atoms with van der Waals surface area (Å²) in [5.74, 6) is 1.23. The molecule has 4 nitrogen and oxygen atoms in total. The van der Waals surface area contributed by atoms with E-state index in [0.29, 0.717) is 17.4 Å². The van der Waals surface area contributed by atoms with E-state index >= 15 is 0 Å². The fourth-order valence-corrected chi connectivity index (χ4v) is 0.734. The SMILES string of the molecule is CCC(=N)/C=C\c1ncc(N)[nH]1. The Morgan fingerprint density at radius 1 is 1.83 bits per heavy atom. The molecule has 0 aliphatic carbocycles. The van der Waals surface area contributed by atoms with Gasteiger partial charge < -0.3 is 16.1 Å². The predicted molar refractivity (Wildman–Crippen MR) is 50.1 cm³/mol. The van der Waals surface area contributed by atoms with Gasteiger partial charge in [-0.1, -0.05) is 6.92 Å². The van der Waals surface area contributed by atoms with Gasteiger partial charge in [-0.3, -0.25) is 0 Å². The highest BCUT2D eigenvalue weighted by atomic mass is 15.0. The Morgan fingerprint density at radius 3 is 3.08 bits per heavy atom. The molecular weight excluding hydrogens is 152 g/mol. The first-order valence-electron chi connectivity index (χ1n) is 3.78. The Morgan fingerprint density at radius 2 is 2.58 bits per heavy atom. The summed E-state index contributed by atoms with van der Waals surface area (Å²) in [6.07, 6.45) is 5.72. The van der Waals surface area contributed by atoms with Crippen molar-refractivity contribution in [2.75, 3.05) is 5.73 Å². The van der Waals surface area contributed by atoms with Crippen molar-refractivity contribution in [3.63, 3.8) is 0 Å². The van der Waals surface area contributed by atoms with Crippen LogP contribution in [0.5, 0.6) is 0 Å². The van der Waals surface area contributed by atoms with Crippen molar-refractivity contribution in [1.29, 1.82) is 5.41 Å². The van der Waals surface area contributed by atoms with Gasteiger partial charge in [0.15, 0.2) is 0 Å². The smallest absolute Gasteiger partial charge is 0.131 e. The second-order valence-corrected chi connectivity index (χ2v) is 2.44. The molecule has 1 aromatic heterocycles. The van der Waals surface area contributed by atoms with Crippen LogP contribution in [0.15, 0.2) is 12.3 Å². The van der Waals surface area contributed by atoms with Crippen LogP contribution in [0, 0.1) is 5.41 Å². The molecule has 0 atom stereocenters. The second kappa shape index (κ2) is 3.71. The molecule has 0 spiro atoms. The zero-order valence-corrected chi connectivity index (χ0v) is 6.96. The van der Waals surface area contributed by atoms with E-state index < -0.39 is 0 Å². The number of hydrogen-bond acceptors (Lipinski definition) is 3. The highest BCUT2D eigenvalue weighted by Crippen LogP contribution is 1.99. The maximum Gasteiger partial charge on any atom is 0.131 e. The molecule has 0 bridgehead atoms. The summed E-state index contributed by atoms with van der Waals surface area (Å²) in [4.78, 5) is 6.80. The first-order chi connectivity index (χ1) is 5.72. The third kappa shape index (κ3) is 2.23. The first-order valence-corrected chi connectivity index (χ1v) is 3.78. The van der Waals surface area contributed by atoms with E-state index in [1.165, 1.54) is 0 Å². The van der Waals surface area contributed by atoms with E-state index in [4.69, 9.17) is 11.1 Å². The van der Waals surface area contributed by atoms with Crippen LogP contribution in [0.3, 0.4) is 0 Å². The molecule has 12 heavy (non-hydrogen) atoms. The van der Waals surface area contributed by atoms with Crippen molar-refractivity contribution >= 4 is 17.6 Å². The normalized spacial score (nSPS) is 10.8. The first kappa shape index (κ1) is 8.52. The van der Waals surface area contributed by atoms with Gasteiger partial charge in [-0.25, -0.2) is 4.98 Å². The van der Waals surface area contributed by atoms with Crippen molar-refractivity contribution in [2.24, 2.45) is 0 Å². The summed E-state index contributed by atoms with van der Waals surface area (Å²) in [6.45, 7) is 1.93. The van der Waals surface area contributed by atoms with Gasteiger partial charge in [0.25, 0.3) is 0 Å². The predicted octanol–water partition coefficient (Wildman–Crippen LogP) is 1.43. The molecule has 0 amide bonds. The van der Waals surface area contributed by atoms with Crippen LogP contribution in [0.4, 0.5) is 5.82 Å². The standard InChI is InChI=1S/C8H12N4/c1-2-6(9)3-4-8-11-5-7(10)12-8/h3-5,9H,2,10H2,1H3,(H,11,12)/b4-3-,9-6?. The summed E-state index contributed by atoms with van der Waals surface area (Å²) in [5.41, 5.74) is 5.99. The maximum atomic E-state index is 7.33. The number of imidazole rings is 1. The van der Waals surface area contributed by atoms with E-state index in [0.717, 1.165) is 6.42 Å². The van der Waals surface area contributed by atoms with Crippen molar-refractivity contribution in [3.8, 4) is 0 Å². The lowest BCUT2D eigenvalue weighted by Gasteiger charge is -1.87. The highest BCUT2D eigenvalue weighted by Gasteiger charge is 1.91. The Balaban J connectivity index is 2.63. The van der Waals surface area contributed by atoms with E-state index in [1.54, 1.807) is 18.3 Å². The summed E-state index contributed by atoms with van der Waals surface area (Å²) in [7, 11) is 0. The van der Waals surface area contributed by atoms with Gasteiger partial charge in [-0.2, -0.15) is 0 Å². The lowest BCUT2D eigenvalue weighted by molar-refractivity contribution is 1.25. The Hall–Kier alpha value is -1.58. The van der Waals surface area contributed by atoms with Crippen molar-refractivity contribution < 1.29 is 0 Å². The molecule has 64 valence electrons. The van der Waals surface area contributed by atoms with Gasteiger partial charge in [0, 0.05) is 5.71 Å². The van der Waals surface area contributed by atoms with Gasteiger partial charge in [-0.05, 0) is 18.6 Å². The topological polar surface area (TPSA) is 78.6 Å². The quantitative estimate of drug-likeness (QED) is 0.591. The second-order valence-electron chi connectivity index (χ2n) is 2.44. The minimum atomic E-state index is 0.540. The van der Waals surface area contributed by atoms with E-state index in [9.17, 15) is 0 Å². The van der Waals surface area contributed by atoms with Crippen LogP contribution in [0.25, 0.3) is 6.08 Å². The fourth-order valence-electron chi connectivity index (χ4n) is 0.734. The van der Waals surface area contributed by atoms with Crippen molar-refractivity contribution in [1.82, 2.24) is 9.97 Å². The summed E-state index contributed by atoms with van der Waals surface area (Å²) < 4.78 is 0. The lowest BCUT2D eigenvalue weighted by Crippen LogP contribution is -1.86. The molecule has 0 aliphatic rings. The van der Waals surface area contributed by atoms with Crippen LogP contribution >= 0.6 is 0 Å². The molecular formula is C8H12N4. The zero-order chi connectivity index (χ0) is 8.97. The number of anilines is 1. The molecule has 1 aromatic rings. The molecule has 0 radical (unpaired) electrons. The summed E-state index contributed by atoms with van der Waals surface area (Å²) in [5, 5.41) is 7.33. The molecule has 1 rings (SSSR count). The van der Waals surface area contributed by atoms with Gasteiger partial charge >= 0.3 is 0 Å². The Bertz CT molecular complexity index is 298. The van der Waals surface area contributed by atoms with Gasteiger partial charge in [0.05, 0.1) is 6.20 Å². The third-order valence-electron chi connectivity index (χ3n) is 1.44. The average molecular weight is 164 g/mol. The molecule has 4 heteroatoms. The molecule has 4 N–H and O–H groups in total. The zero-order valence-electron chi connectivity index (χ0n) is 6.96. The number of nitrogens with zero attached hydrogens (tertiary/aromatic N) is 1. The number of nitrogens with one attached hydrogen (secondary N) is 2. The average Bonchev–Trinajstić information content (AvgIpc) is 2.47. The summed E-state index contributed by atoms with van der Waals surface area (Å²) in [6, 6.07) is 0. The number of hydrogen-bond donors (Lipinski definition) is 3. The number of rotatable bonds is 3. The van der Waals surface area contributed by atoms with Crippen LogP contribution in [-0.2, 0) is 0 Å². The molecule has 0 aliphatic heterocycles. The van der Waals surface area contributed by atoms with E-state index in [-0.39, 0.29) is 0 Å². The molecule has 0 unspecified atom stereocenters. The minimum absolute atomic E-state index is 0.540. The molecule has 0 aromatic carbocycles. The molecule has 0 saturated heterocycles. The van der Waals surface area contributed by atoms with Crippen LogP contribution < -0.4 is 5.73 Å². The van der Waals surface area contributed by atoms with Crippen molar-refractivity contribution in [3.05, 3.63) is 18.1 Å². The molecule has 1 heterocycles. The highest BCUT2D eigenvalue weighted by molar-refractivity contribution is 5.95. The van der Waals surface area contributed by atoms with E-state index in [1.807, 2.05) is 6.92 Å². The number of allylic oxidation sites excluding steroid dienone is 1. The van der Waals surface area contributed by atoms with Crippen molar-refractivity contribution in [2.45, 2.75) is 13.3 Å². The summed E-state index contributed by atoms with van der Waals surface area (Å²) >= 11 is 0. The molecule has 0 saturated carbocycles. The van der Waals surface area contributed by atoms with E-state index in [2.05, 4.69) is 9.97 Å².